The van der Waals surface area contributed by atoms with Gasteiger partial charge in [0, 0.05) is 11.1 Å². The third-order valence-electron chi connectivity index (χ3n) is 3.70. The molecule has 0 radical (unpaired) electrons. The van der Waals surface area contributed by atoms with Gasteiger partial charge in [0.25, 0.3) is 0 Å². The first-order valence-corrected chi connectivity index (χ1v) is 6.04. The van der Waals surface area contributed by atoms with Crippen molar-refractivity contribution in [2.24, 2.45) is 17.6 Å². The lowest BCUT2D eigenvalue weighted by atomic mass is 9.90. The molecular weight excluding hydrogens is 206 g/mol. The highest BCUT2D eigenvalue weighted by atomic mass is 35.5. The first-order valence-electron chi connectivity index (χ1n) is 5.67. The van der Waals surface area contributed by atoms with E-state index >= 15 is 0 Å². The molecular formula is C13H18ClN. The minimum absolute atomic E-state index is 0.405. The Morgan fingerprint density at radius 2 is 1.93 bits per heavy atom. The lowest BCUT2D eigenvalue weighted by molar-refractivity contribution is 0.390. The zero-order valence-electron chi connectivity index (χ0n) is 9.12. The smallest absolute Gasteiger partial charge is 0.0406 e. The zero-order chi connectivity index (χ0) is 10.8. The summed E-state index contributed by atoms with van der Waals surface area (Å²) in [7, 11) is 0. The second kappa shape index (κ2) is 4.54. The molecule has 1 aromatic rings. The SMILES string of the molecule is CC1C(N)CCC1Cc1ccc(Cl)cc1. The van der Waals surface area contributed by atoms with Crippen molar-refractivity contribution < 1.29 is 0 Å². The molecule has 1 aliphatic carbocycles. The average Bonchev–Trinajstić information content (AvgIpc) is 2.53. The van der Waals surface area contributed by atoms with Gasteiger partial charge < -0.3 is 5.73 Å². The summed E-state index contributed by atoms with van der Waals surface area (Å²) in [4.78, 5) is 0. The van der Waals surface area contributed by atoms with E-state index in [4.69, 9.17) is 17.3 Å². The van der Waals surface area contributed by atoms with Gasteiger partial charge in [-0.05, 0) is 48.8 Å². The van der Waals surface area contributed by atoms with Crippen molar-refractivity contribution in [3.05, 3.63) is 34.9 Å². The molecule has 1 aliphatic rings. The Labute approximate surface area is 96.6 Å². The maximum absolute atomic E-state index is 6.03. The highest BCUT2D eigenvalue weighted by molar-refractivity contribution is 6.30. The largest absolute Gasteiger partial charge is 0.327 e. The second-order valence-corrected chi connectivity index (χ2v) is 5.13. The maximum atomic E-state index is 6.03. The van der Waals surface area contributed by atoms with Crippen molar-refractivity contribution in [3.63, 3.8) is 0 Å². The van der Waals surface area contributed by atoms with Crippen LogP contribution in [0.1, 0.15) is 25.3 Å². The van der Waals surface area contributed by atoms with Crippen molar-refractivity contribution in [3.8, 4) is 0 Å². The monoisotopic (exact) mass is 223 g/mol. The molecule has 15 heavy (non-hydrogen) atoms. The molecule has 2 rings (SSSR count). The molecule has 0 amide bonds. The van der Waals surface area contributed by atoms with Crippen LogP contribution in [0.25, 0.3) is 0 Å². The Morgan fingerprint density at radius 1 is 1.27 bits per heavy atom. The minimum Gasteiger partial charge on any atom is -0.327 e. The summed E-state index contributed by atoms with van der Waals surface area (Å²) in [5, 5.41) is 0.815. The minimum atomic E-state index is 0.405. The van der Waals surface area contributed by atoms with Gasteiger partial charge in [-0.1, -0.05) is 30.7 Å². The van der Waals surface area contributed by atoms with Gasteiger partial charge in [0.2, 0.25) is 0 Å². The third kappa shape index (κ3) is 2.53. The van der Waals surface area contributed by atoms with E-state index in [1.54, 1.807) is 0 Å². The Hall–Kier alpha value is -0.530. The number of benzene rings is 1. The van der Waals surface area contributed by atoms with Gasteiger partial charge in [-0.2, -0.15) is 0 Å². The zero-order valence-corrected chi connectivity index (χ0v) is 9.87. The predicted molar refractivity (Wildman–Crippen MR) is 65.0 cm³/mol. The lowest BCUT2D eigenvalue weighted by Gasteiger charge is -2.17. The second-order valence-electron chi connectivity index (χ2n) is 4.69. The fourth-order valence-corrected chi connectivity index (χ4v) is 2.62. The third-order valence-corrected chi connectivity index (χ3v) is 3.95. The van der Waals surface area contributed by atoms with Crippen molar-refractivity contribution >= 4 is 11.6 Å². The van der Waals surface area contributed by atoms with Crippen LogP contribution in [-0.4, -0.2) is 6.04 Å². The summed E-state index contributed by atoms with van der Waals surface area (Å²) < 4.78 is 0. The molecule has 1 fully saturated rings. The Balaban J connectivity index is 2.00. The van der Waals surface area contributed by atoms with E-state index in [9.17, 15) is 0 Å². The quantitative estimate of drug-likeness (QED) is 0.819. The number of hydrogen-bond acceptors (Lipinski definition) is 1. The van der Waals surface area contributed by atoms with Crippen LogP contribution in [0.3, 0.4) is 0 Å². The van der Waals surface area contributed by atoms with E-state index in [1.165, 1.54) is 18.4 Å². The van der Waals surface area contributed by atoms with Crippen molar-refractivity contribution in [2.45, 2.75) is 32.2 Å². The lowest BCUT2D eigenvalue weighted by Crippen LogP contribution is -2.25. The summed E-state index contributed by atoms with van der Waals surface area (Å²) in [6, 6.07) is 8.59. The highest BCUT2D eigenvalue weighted by Gasteiger charge is 2.29. The molecule has 0 spiro atoms. The van der Waals surface area contributed by atoms with Gasteiger partial charge in [0.05, 0.1) is 0 Å². The fourth-order valence-electron chi connectivity index (χ4n) is 2.49. The molecule has 3 atom stereocenters. The van der Waals surface area contributed by atoms with Gasteiger partial charge in [0.1, 0.15) is 0 Å². The van der Waals surface area contributed by atoms with Crippen LogP contribution in [-0.2, 0) is 6.42 Å². The predicted octanol–water partition coefficient (Wildman–Crippen LogP) is 3.26. The maximum Gasteiger partial charge on any atom is 0.0406 e. The normalized spacial score (nSPS) is 30.7. The fraction of sp³-hybridized carbons (Fsp3) is 0.538. The standard InChI is InChI=1S/C13H18ClN/c1-9-11(4-7-13(9)15)8-10-2-5-12(14)6-3-10/h2-3,5-6,9,11,13H,4,7-8,15H2,1H3. The van der Waals surface area contributed by atoms with Crippen molar-refractivity contribution in [1.82, 2.24) is 0 Å². The van der Waals surface area contributed by atoms with E-state index in [2.05, 4.69) is 19.1 Å². The van der Waals surface area contributed by atoms with Crippen LogP contribution in [0.15, 0.2) is 24.3 Å². The average molecular weight is 224 g/mol. The Morgan fingerprint density at radius 3 is 2.47 bits per heavy atom. The number of rotatable bonds is 2. The summed E-state index contributed by atoms with van der Waals surface area (Å²) in [5.74, 6) is 1.40. The van der Waals surface area contributed by atoms with Crippen LogP contribution in [0.4, 0.5) is 0 Å². The summed E-state index contributed by atoms with van der Waals surface area (Å²) >= 11 is 5.86. The van der Waals surface area contributed by atoms with E-state index in [-0.39, 0.29) is 0 Å². The molecule has 82 valence electrons. The Kier molecular flexibility index (Phi) is 3.32. The molecule has 0 bridgehead atoms. The number of halogens is 1. The molecule has 1 saturated carbocycles. The molecule has 3 unspecified atom stereocenters. The Bertz CT molecular complexity index is 320. The molecule has 0 aliphatic heterocycles. The molecule has 0 heterocycles. The van der Waals surface area contributed by atoms with Gasteiger partial charge in [0.15, 0.2) is 0 Å². The van der Waals surface area contributed by atoms with Gasteiger partial charge in [-0.25, -0.2) is 0 Å². The van der Waals surface area contributed by atoms with Crippen LogP contribution < -0.4 is 5.73 Å². The highest BCUT2D eigenvalue weighted by Crippen LogP contribution is 2.33. The molecule has 0 saturated heterocycles. The molecule has 1 aromatic carbocycles. The summed E-state index contributed by atoms with van der Waals surface area (Å²) in [5.41, 5.74) is 7.41. The van der Waals surface area contributed by atoms with E-state index in [1.807, 2.05) is 12.1 Å². The van der Waals surface area contributed by atoms with Crippen LogP contribution in [0, 0.1) is 11.8 Å². The molecule has 2 N–H and O–H groups in total. The molecule has 0 aromatic heterocycles. The molecule has 1 nitrogen and oxygen atoms in total. The number of nitrogens with two attached hydrogens (primary N) is 1. The van der Waals surface area contributed by atoms with Gasteiger partial charge in [-0.3, -0.25) is 0 Å². The van der Waals surface area contributed by atoms with E-state index in [0.29, 0.717) is 12.0 Å². The van der Waals surface area contributed by atoms with Gasteiger partial charge in [-0.15, -0.1) is 0 Å². The van der Waals surface area contributed by atoms with Crippen LogP contribution in [0.5, 0.6) is 0 Å². The van der Waals surface area contributed by atoms with Crippen molar-refractivity contribution in [2.75, 3.05) is 0 Å². The van der Waals surface area contributed by atoms with E-state index in [0.717, 1.165) is 17.4 Å². The topological polar surface area (TPSA) is 26.0 Å². The van der Waals surface area contributed by atoms with Crippen molar-refractivity contribution in [1.29, 1.82) is 0 Å². The molecule has 2 heteroatoms. The first kappa shape index (κ1) is 11.0. The van der Waals surface area contributed by atoms with Gasteiger partial charge >= 0.3 is 0 Å². The summed E-state index contributed by atoms with van der Waals surface area (Å²) in [6.45, 7) is 2.28. The van der Waals surface area contributed by atoms with Crippen LogP contribution >= 0.6 is 11.6 Å². The number of hydrogen-bond donors (Lipinski definition) is 1. The summed E-state index contributed by atoms with van der Waals surface area (Å²) in [6.07, 6.45) is 3.59. The van der Waals surface area contributed by atoms with E-state index < -0.39 is 0 Å². The van der Waals surface area contributed by atoms with Crippen LogP contribution in [0.2, 0.25) is 5.02 Å². The first-order chi connectivity index (χ1) is 7.16.